The highest BCUT2D eigenvalue weighted by Crippen LogP contribution is 2.28. The van der Waals surface area contributed by atoms with E-state index in [1.807, 2.05) is 0 Å². The topological polar surface area (TPSA) is 105 Å². The number of urea groups is 1. The van der Waals surface area contributed by atoms with E-state index in [0.29, 0.717) is 0 Å². The standard InChI is InChI=1S/C14H16F2N2O6/c1-18(6-5-11(19)20)14(22)17-9-4-3-8(12(21)23-2)7-10(9)24-13(15)16/h3-4,7,13H,5-6H2,1-2H3,(H,17,22)(H,19,20). The molecule has 10 heteroatoms. The van der Waals surface area contributed by atoms with Crippen LogP contribution in [0.1, 0.15) is 16.8 Å². The van der Waals surface area contributed by atoms with Gasteiger partial charge in [0.2, 0.25) is 0 Å². The van der Waals surface area contributed by atoms with Gasteiger partial charge in [0, 0.05) is 13.6 Å². The van der Waals surface area contributed by atoms with Crippen molar-refractivity contribution >= 4 is 23.7 Å². The molecule has 0 unspecified atom stereocenters. The number of ether oxygens (including phenoxy) is 2. The number of esters is 1. The Morgan fingerprint density at radius 3 is 2.54 bits per heavy atom. The Hall–Kier alpha value is -2.91. The first-order valence-electron chi connectivity index (χ1n) is 6.65. The number of nitrogens with zero attached hydrogens (tertiary/aromatic N) is 1. The van der Waals surface area contributed by atoms with Gasteiger partial charge in [-0.1, -0.05) is 0 Å². The molecule has 0 radical (unpaired) electrons. The predicted molar refractivity (Wildman–Crippen MR) is 78.3 cm³/mol. The van der Waals surface area contributed by atoms with Gasteiger partial charge in [0.25, 0.3) is 0 Å². The molecule has 24 heavy (non-hydrogen) atoms. The van der Waals surface area contributed by atoms with Crippen molar-refractivity contribution in [3.05, 3.63) is 23.8 Å². The summed E-state index contributed by atoms with van der Waals surface area (Å²) in [5.41, 5.74) is -0.138. The Bertz CT molecular complexity index is 623. The molecular formula is C14H16F2N2O6. The number of carboxylic acid groups (broad SMARTS) is 1. The molecule has 0 aromatic heterocycles. The summed E-state index contributed by atoms with van der Waals surface area (Å²) >= 11 is 0. The van der Waals surface area contributed by atoms with Gasteiger partial charge < -0.3 is 24.8 Å². The highest BCUT2D eigenvalue weighted by molar-refractivity contribution is 5.94. The molecule has 2 amide bonds. The van der Waals surface area contributed by atoms with E-state index in [9.17, 15) is 23.2 Å². The quantitative estimate of drug-likeness (QED) is 0.732. The lowest BCUT2D eigenvalue weighted by atomic mass is 10.2. The first-order valence-corrected chi connectivity index (χ1v) is 6.65. The van der Waals surface area contributed by atoms with E-state index in [0.717, 1.165) is 18.1 Å². The van der Waals surface area contributed by atoms with Crippen LogP contribution in [0.3, 0.4) is 0 Å². The van der Waals surface area contributed by atoms with Crippen LogP contribution in [0.4, 0.5) is 19.3 Å². The van der Waals surface area contributed by atoms with E-state index in [1.165, 1.54) is 19.2 Å². The van der Waals surface area contributed by atoms with E-state index in [4.69, 9.17) is 5.11 Å². The molecule has 0 fully saturated rings. The first kappa shape index (κ1) is 19.1. The summed E-state index contributed by atoms with van der Waals surface area (Å²) in [6.45, 7) is -3.25. The lowest BCUT2D eigenvalue weighted by Crippen LogP contribution is -2.33. The van der Waals surface area contributed by atoms with Gasteiger partial charge in [-0.3, -0.25) is 4.79 Å². The average Bonchev–Trinajstić information content (AvgIpc) is 2.52. The van der Waals surface area contributed by atoms with Crippen LogP contribution in [0.2, 0.25) is 0 Å². The third-order valence-electron chi connectivity index (χ3n) is 2.87. The number of alkyl halides is 2. The Kier molecular flexibility index (Phi) is 6.90. The lowest BCUT2D eigenvalue weighted by molar-refractivity contribution is -0.137. The summed E-state index contributed by atoms with van der Waals surface area (Å²) in [5, 5.41) is 10.9. The largest absolute Gasteiger partial charge is 0.481 e. The molecule has 0 aliphatic rings. The zero-order chi connectivity index (χ0) is 18.3. The van der Waals surface area contributed by atoms with Crippen LogP contribution in [-0.2, 0) is 9.53 Å². The van der Waals surface area contributed by atoms with Crippen molar-refractivity contribution in [2.24, 2.45) is 0 Å². The third kappa shape index (κ3) is 5.71. The predicted octanol–water partition coefficient (Wildman–Crippen LogP) is 2.01. The third-order valence-corrected chi connectivity index (χ3v) is 2.87. The lowest BCUT2D eigenvalue weighted by Gasteiger charge is -2.19. The van der Waals surface area contributed by atoms with Gasteiger partial charge in [0.05, 0.1) is 24.8 Å². The molecule has 0 bridgehead atoms. The number of amides is 2. The number of carboxylic acids is 1. The molecular weight excluding hydrogens is 330 g/mol. The SMILES string of the molecule is COC(=O)c1ccc(NC(=O)N(C)CCC(=O)O)c(OC(F)F)c1. The van der Waals surface area contributed by atoms with Gasteiger partial charge in [-0.25, -0.2) is 9.59 Å². The van der Waals surface area contributed by atoms with Gasteiger partial charge in [0.15, 0.2) is 5.75 Å². The van der Waals surface area contributed by atoms with Crippen molar-refractivity contribution in [3.8, 4) is 5.75 Å². The molecule has 8 nitrogen and oxygen atoms in total. The highest BCUT2D eigenvalue weighted by Gasteiger charge is 2.17. The molecule has 2 N–H and O–H groups in total. The number of hydrogen-bond donors (Lipinski definition) is 2. The molecule has 0 saturated carbocycles. The number of aliphatic carboxylic acids is 1. The van der Waals surface area contributed by atoms with E-state index in [2.05, 4.69) is 14.8 Å². The van der Waals surface area contributed by atoms with Gasteiger partial charge in [-0.2, -0.15) is 8.78 Å². The summed E-state index contributed by atoms with van der Waals surface area (Å²) in [6.07, 6.45) is -0.272. The van der Waals surface area contributed by atoms with Crippen LogP contribution in [0.5, 0.6) is 5.75 Å². The fraction of sp³-hybridized carbons (Fsp3) is 0.357. The summed E-state index contributed by atoms with van der Waals surface area (Å²) in [7, 11) is 2.47. The van der Waals surface area contributed by atoms with Crippen LogP contribution in [0, 0.1) is 0 Å². The van der Waals surface area contributed by atoms with Crippen LogP contribution in [-0.4, -0.2) is 55.3 Å². The zero-order valence-corrected chi connectivity index (χ0v) is 12.9. The van der Waals surface area contributed by atoms with Crippen molar-refractivity contribution < 1.29 is 37.7 Å². The van der Waals surface area contributed by atoms with Gasteiger partial charge >= 0.3 is 24.6 Å². The molecule has 0 heterocycles. The molecule has 0 saturated heterocycles. The van der Waals surface area contributed by atoms with Crippen molar-refractivity contribution in [2.75, 3.05) is 26.0 Å². The summed E-state index contributed by atoms with van der Waals surface area (Å²) in [4.78, 5) is 34.9. The number of halogens is 2. The zero-order valence-electron chi connectivity index (χ0n) is 12.9. The number of methoxy groups -OCH3 is 1. The monoisotopic (exact) mass is 346 g/mol. The van der Waals surface area contributed by atoms with Crippen LogP contribution in [0.25, 0.3) is 0 Å². The molecule has 132 valence electrons. The highest BCUT2D eigenvalue weighted by atomic mass is 19.3. The van der Waals surface area contributed by atoms with Gasteiger partial charge in [0.1, 0.15) is 0 Å². The summed E-state index contributed by atoms with van der Waals surface area (Å²) in [6, 6.07) is 2.75. The van der Waals surface area contributed by atoms with Crippen LogP contribution >= 0.6 is 0 Å². The molecule has 0 atom stereocenters. The van der Waals surface area contributed by atoms with Crippen molar-refractivity contribution in [2.45, 2.75) is 13.0 Å². The van der Waals surface area contributed by atoms with Crippen molar-refractivity contribution in [1.82, 2.24) is 4.90 Å². The Morgan fingerprint density at radius 1 is 1.33 bits per heavy atom. The molecule has 1 aromatic carbocycles. The van der Waals surface area contributed by atoms with Crippen LogP contribution in [0.15, 0.2) is 18.2 Å². The smallest absolute Gasteiger partial charge is 0.387 e. The summed E-state index contributed by atoms with van der Waals surface area (Å²) in [5.74, 6) is -2.27. The number of carbonyl (C=O) groups excluding carboxylic acids is 2. The van der Waals surface area contributed by atoms with Crippen molar-refractivity contribution in [1.29, 1.82) is 0 Å². The second-order valence-electron chi connectivity index (χ2n) is 4.58. The second kappa shape index (κ2) is 8.65. The number of anilines is 1. The van der Waals surface area contributed by atoms with Crippen molar-refractivity contribution in [3.63, 3.8) is 0 Å². The van der Waals surface area contributed by atoms with Crippen LogP contribution < -0.4 is 10.1 Å². The second-order valence-corrected chi connectivity index (χ2v) is 4.58. The maximum atomic E-state index is 12.5. The molecule has 0 aliphatic carbocycles. The maximum absolute atomic E-state index is 12.5. The number of nitrogens with one attached hydrogen (secondary N) is 1. The molecule has 0 spiro atoms. The number of rotatable bonds is 7. The van der Waals surface area contributed by atoms with Gasteiger partial charge in [-0.15, -0.1) is 0 Å². The fourth-order valence-corrected chi connectivity index (χ4v) is 1.64. The molecule has 0 aliphatic heterocycles. The fourth-order valence-electron chi connectivity index (χ4n) is 1.64. The first-order chi connectivity index (χ1) is 11.2. The van der Waals surface area contributed by atoms with E-state index < -0.39 is 30.3 Å². The van der Waals surface area contributed by atoms with E-state index in [1.54, 1.807) is 0 Å². The normalized spacial score (nSPS) is 10.2. The Labute approximate surface area is 135 Å². The summed E-state index contributed by atoms with van der Waals surface area (Å²) < 4.78 is 33.8. The number of hydrogen-bond acceptors (Lipinski definition) is 5. The number of benzene rings is 1. The Morgan fingerprint density at radius 2 is 2.00 bits per heavy atom. The minimum atomic E-state index is -3.17. The molecule has 1 rings (SSSR count). The van der Waals surface area contributed by atoms with E-state index >= 15 is 0 Å². The molecule has 1 aromatic rings. The number of carbonyl (C=O) groups is 3. The minimum Gasteiger partial charge on any atom is -0.481 e. The minimum absolute atomic E-state index is 0.0367. The maximum Gasteiger partial charge on any atom is 0.387 e. The Balaban J connectivity index is 2.94. The van der Waals surface area contributed by atoms with Gasteiger partial charge in [-0.05, 0) is 18.2 Å². The average molecular weight is 346 g/mol. The van der Waals surface area contributed by atoms with E-state index in [-0.39, 0.29) is 24.2 Å².